The number of pyridine rings is 1. The second-order valence-corrected chi connectivity index (χ2v) is 10.5. The van der Waals surface area contributed by atoms with E-state index in [1.165, 1.54) is 0 Å². The molecule has 40 heavy (non-hydrogen) atoms. The number of amides is 2. The number of carbonyl (C=O) groups excluding carboxylic acids is 2. The third-order valence-electron chi connectivity index (χ3n) is 6.90. The molecule has 1 fully saturated rings. The summed E-state index contributed by atoms with van der Waals surface area (Å²) in [5.41, 5.74) is 1.14. The van der Waals surface area contributed by atoms with Crippen molar-refractivity contribution in [2.75, 3.05) is 12.9 Å². The van der Waals surface area contributed by atoms with Crippen molar-refractivity contribution in [1.29, 1.82) is 0 Å². The van der Waals surface area contributed by atoms with Gasteiger partial charge in [-0.2, -0.15) is 5.10 Å². The van der Waals surface area contributed by atoms with Gasteiger partial charge in [0.15, 0.2) is 5.69 Å². The summed E-state index contributed by atoms with van der Waals surface area (Å²) in [4.78, 5) is 31.2. The van der Waals surface area contributed by atoms with Gasteiger partial charge in [0.25, 0.3) is 11.8 Å². The van der Waals surface area contributed by atoms with Crippen LogP contribution in [-0.2, 0) is 6.54 Å². The van der Waals surface area contributed by atoms with Gasteiger partial charge in [0, 0.05) is 22.4 Å². The molecule has 0 spiro atoms. The number of rotatable bonds is 9. The van der Waals surface area contributed by atoms with E-state index >= 15 is 0 Å². The summed E-state index contributed by atoms with van der Waals surface area (Å²) in [5, 5.41) is 20.5. The summed E-state index contributed by atoms with van der Waals surface area (Å²) in [5.74, 6) is -0.818. The van der Waals surface area contributed by atoms with E-state index in [4.69, 9.17) is 4.74 Å². The summed E-state index contributed by atoms with van der Waals surface area (Å²) >= 11 is 1.56. The Morgan fingerprint density at radius 1 is 1.05 bits per heavy atom. The number of aliphatic hydroxyl groups is 1. The van der Waals surface area contributed by atoms with Gasteiger partial charge in [-0.15, -0.1) is 11.8 Å². The third-order valence-corrected chi connectivity index (χ3v) is 7.63. The lowest BCUT2D eigenvalue weighted by molar-refractivity contribution is 0.0887. The van der Waals surface area contributed by atoms with Crippen molar-refractivity contribution in [1.82, 2.24) is 25.4 Å². The fourth-order valence-corrected chi connectivity index (χ4v) is 5.35. The van der Waals surface area contributed by atoms with Crippen LogP contribution >= 0.6 is 11.8 Å². The Labute approximate surface area is 235 Å². The van der Waals surface area contributed by atoms with Crippen LogP contribution in [0.1, 0.15) is 46.5 Å². The molecule has 2 amide bonds. The van der Waals surface area contributed by atoms with Crippen molar-refractivity contribution in [2.24, 2.45) is 0 Å². The van der Waals surface area contributed by atoms with Gasteiger partial charge in [-0.25, -0.2) is 9.37 Å². The molecule has 0 aliphatic heterocycles. The number of hydrogen-bond acceptors (Lipinski definition) is 7. The average molecular weight is 564 g/mol. The molecule has 2 aromatic heterocycles. The molecular weight excluding hydrogens is 533 g/mol. The van der Waals surface area contributed by atoms with Crippen molar-refractivity contribution in [2.45, 2.75) is 49.2 Å². The van der Waals surface area contributed by atoms with Gasteiger partial charge in [-0.05, 0) is 62.3 Å². The van der Waals surface area contributed by atoms with E-state index in [0.717, 1.165) is 28.1 Å². The van der Waals surface area contributed by atoms with Gasteiger partial charge in [0.2, 0.25) is 5.88 Å². The molecule has 5 rings (SSSR count). The Morgan fingerprint density at radius 3 is 2.50 bits per heavy atom. The number of hydrogen-bond donors (Lipinski definition) is 3. The zero-order valence-electron chi connectivity index (χ0n) is 22.0. The van der Waals surface area contributed by atoms with Crippen LogP contribution in [0.3, 0.4) is 0 Å². The summed E-state index contributed by atoms with van der Waals surface area (Å²) < 4.78 is 21.5. The first-order valence-electron chi connectivity index (χ1n) is 13.1. The number of halogens is 1. The summed E-state index contributed by atoms with van der Waals surface area (Å²) in [6, 6.07) is 15.7. The minimum Gasteiger partial charge on any atom is -0.438 e. The second-order valence-electron chi connectivity index (χ2n) is 9.60. The second kappa shape index (κ2) is 12.5. The van der Waals surface area contributed by atoms with Crippen LogP contribution in [0.25, 0.3) is 10.9 Å². The summed E-state index contributed by atoms with van der Waals surface area (Å²) in [7, 11) is 0. The molecule has 4 aromatic rings. The number of thioether (sulfide) groups is 1. The maximum atomic E-state index is 14.0. The highest BCUT2D eigenvalue weighted by atomic mass is 32.2. The van der Waals surface area contributed by atoms with Gasteiger partial charge in [-0.1, -0.05) is 24.3 Å². The highest BCUT2D eigenvalue weighted by Gasteiger charge is 2.27. The van der Waals surface area contributed by atoms with Gasteiger partial charge in [0.1, 0.15) is 17.1 Å². The zero-order valence-corrected chi connectivity index (χ0v) is 22.8. The number of aromatic nitrogens is 3. The fourth-order valence-electron chi connectivity index (χ4n) is 4.91. The lowest BCUT2D eigenvalue weighted by Gasteiger charge is -2.29. The van der Waals surface area contributed by atoms with E-state index in [9.17, 15) is 19.1 Å². The van der Waals surface area contributed by atoms with Crippen molar-refractivity contribution in [3.8, 4) is 11.6 Å². The monoisotopic (exact) mass is 563 g/mol. The normalized spacial score (nSPS) is 17.0. The summed E-state index contributed by atoms with van der Waals surface area (Å²) in [6.07, 6.45) is 5.59. The van der Waals surface area contributed by atoms with Crippen LogP contribution in [0.2, 0.25) is 0 Å². The maximum absolute atomic E-state index is 14.0. The van der Waals surface area contributed by atoms with E-state index in [1.54, 1.807) is 22.5 Å². The molecule has 1 aliphatic carbocycles. The molecule has 2 heterocycles. The molecule has 0 atom stereocenters. The number of aliphatic hydroxyl groups excluding tert-OH is 1. The Balaban J connectivity index is 1.20. The van der Waals surface area contributed by atoms with Crippen LogP contribution in [0.15, 0.2) is 65.7 Å². The number of fused-ring (bicyclic) bond motifs is 1. The number of carbonyl (C=O) groups is 2. The minimum atomic E-state index is -0.629. The first-order chi connectivity index (χ1) is 19.4. The molecule has 208 valence electrons. The molecule has 3 N–H and O–H groups in total. The summed E-state index contributed by atoms with van der Waals surface area (Å²) in [6.45, 7) is 0.226. The number of benzene rings is 2. The standard InChI is InChI=1S/C29H30FN5O4S/c1-40-22-6-4-5-21(16-22)39-29-24(15-18(30)17-31-29)27(37)32-19-9-11-20(12-10-19)33-28(38)26-23-7-2-3-8-25(23)35(34-26)13-14-36/h2-8,15-17,19-20,36H,9-14H2,1H3,(H,32,37)(H,33,38). The Kier molecular flexibility index (Phi) is 8.61. The molecule has 9 nitrogen and oxygen atoms in total. The number of para-hydroxylation sites is 1. The van der Waals surface area contributed by atoms with E-state index in [0.29, 0.717) is 43.7 Å². The number of nitrogens with zero attached hydrogens (tertiary/aromatic N) is 3. The molecular formula is C29H30FN5O4S. The smallest absolute Gasteiger partial charge is 0.272 e. The Morgan fingerprint density at radius 2 is 1.77 bits per heavy atom. The van der Waals surface area contributed by atoms with Crippen LogP contribution in [0, 0.1) is 5.82 Å². The van der Waals surface area contributed by atoms with Gasteiger partial charge in [-0.3, -0.25) is 14.3 Å². The molecule has 0 bridgehead atoms. The predicted molar refractivity (Wildman–Crippen MR) is 150 cm³/mol. The highest BCUT2D eigenvalue weighted by Crippen LogP contribution is 2.28. The first-order valence-corrected chi connectivity index (χ1v) is 14.3. The van der Waals surface area contributed by atoms with E-state index < -0.39 is 11.7 Å². The lowest BCUT2D eigenvalue weighted by atomic mass is 9.91. The van der Waals surface area contributed by atoms with Crippen molar-refractivity contribution in [3.05, 3.63) is 77.9 Å². The van der Waals surface area contributed by atoms with Crippen LogP contribution in [0.4, 0.5) is 4.39 Å². The molecule has 0 radical (unpaired) electrons. The maximum Gasteiger partial charge on any atom is 0.272 e. The Bertz CT molecular complexity index is 1520. The topological polar surface area (TPSA) is 118 Å². The van der Waals surface area contributed by atoms with Crippen molar-refractivity contribution in [3.63, 3.8) is 0 Å². The van der Waals surface area contributed by atoms with E-state index in [-0.39, 0.29) is 36.0 Å². The third kappa shape index (κ3) is 6.26. The SMILES string of the molecule is CSc1cccc(Oc2ncc(F)cc2C(=O)NC2CCC(NC(=O)c3nn(CCO)c4ccccc34)CC2)c1. The molecule has 0 unspecified atom stereocenters. The van der Waals surface area contributed by atoms with Crippen molar-refractivity contribution >= 4 is 34.5 Å². The van der Waals surface area contributed by atoms with E-state index in [2.05, 4.69) is 20.7 Å². The minimum absolute atomic E-state index is 0.0234. The largest absolute Gasteiger partial charge is 0.438 e. The number of nitrogens with one attached hydrogen (secondary N) is 2. The molecule has 11 heteroatoms. The molecule has 0 saturated heterocycles. The lowest BCUT2D eigenvalue weighted by Crippen LogP contribution is -2.44. The molecule has 1 aliphatic rings. The fraction of sp³-hybridized carbons (Fsp3) is 0.310. The van der Waals surface area contributed by atoms with Gasteiger partial charge < -0.3 is 20.5 Å². The zero-order chi connectivity index (χ0) is 28.1. The average Bonchev–Trinajstić information content (AvgIpc) is 3.34. The van der Waals surface area contributed by atoms with Gasteiger partial charge in [0.05, 0.1) is 24.9 Å². The predicted octanol–water partition coefficient (Wildman–Crippen LogP) is 4.55. The first kappa shape index (κ1) is 27.6. The molecule has 2 aromatic carbocycles. The van der Waals surface area contributed by atoms with Crippen molar-refractivity contribution < 1.29 is 23.8 Å². The quantitative estimate of drug-likeness (QED) is 0.256. The van der Waals surface area contributed by atoms with Crippen LogP contribution in [-0.4, -0.2) is 56.6 Å². The van der Waals surface area contributed by atoms with Crippen LogP contribution in [0.5, 0.6) is 11.6 Å². The Hall–Kier alpha value is -3.96. The molecule has 1 saturated carbocycles. The van der Waals surface area contributed by atoms with Gasteiger partial charge >= 0.3 is 0 Å². The van der Waals surface area contributed by atoms with Crippen LogP contribution < -0.4 is 15.4 Å². The van der Waals surface area contributed by atoms with E-state index in [1.807, 2.05) is 48.7 Å². The highest BCUT2D eigenvalue weighted by molar-refractivity contribution is 7.98. The number of ether oxygens (including phenoxy) is 1.